The normalized spacial score (nSPS) is 12.9. The Morgan fingerprint density at radius 1 is 0.833 bits per heavy atom. The zero-order chi connectivity index (χ0) is 17.1. The summed E-state index contributed by atoms with van der Waals surface area (Å²) >= 11 is 0. The zero-order valence-corrected chi connectivity index (χ0v) is 14.4. The summed E-state index contributed by atoms with van der Waals surface area (Å²) in [5, 5.41) is 0. The minimum absolute atomic E-state index is 0.585. The van der Waals surface area contributed by atoms with Crippen molar-refractivity contribution in [1.29, 1.82) is 0 Å². The smallest absolute Gasteiger partial charge is 0.203 e. The molecule has 0 radical (unpaired) electrons. The first-order valence-electron chi connectivity index (χ1n) is 7.74. The summed E-state index contributed by atoms with van der Waals surface area (Å²) in [7, 11) is 6.53. The van der Waals surface area contributed by atoms with Gasteiger partial charge in [-0.25, -0.2) is 0 Å². The van der Waals surface area contributed by atoms with E-state index in [0.29, 0.717) is 17.2 Å². The highest BCUT2D eigenvalue weighted by Gasteiger charge is 2.26. The summed E-state index contributed by atoms with van der Waals surface area (Å²) in [6.07, 6.45) is 0.839. The highest BCUT2D eigenvalue weighted by Crippen LogP contribution is 2.44. The number of ether oxygens (including phenoxy) is 4. The molecule has 0 aliphatic carbocycles. The van der Waals surface area contributed by atoms with Crippen molar-refractivity contribution in [3.05, 3.63) is 47.0 Å². The number of benzene rings is 2. The zero-order valence-electron chi connectivity index (χ0n) is 14.4. The van der Waals surface area contributed by atoms with Gasteiger partial charge in [-0.1, -0.05) is 0 Å². The third-order valence-electron chi connectivity index (χ3n) is 4.16. The van der Waals surface area contributed by atoms with Gasteiger partial charge in [0.15, 0.2) is 11.5 Å². The molecular weight excluding hydrogens is 306 g/mol. The molecular formula is C19H21NO4. The van der Waals surface area contributed by atoms with Crippen LogP contribution in [0, 0.1) is 0 Å². The maximum atomic E-state index is 5.66. The van der Waals surface area contributed by atoms with E-state index in [2.05, 4.69) is 0 Å². The largest absolute Gasteiger partial charge is 0.497 e. The first kappa shape index (κ1) is 16.2. The van der Waals surface area contributed by atoms with E-state index in [4.69, 9.17) is 23.9 Å². The Labute approximate surface area is 141 Å². The molecule has 1 aliphatic heterocycles. The van der Waals surface area contributed by atoms with Gasteiger partial charge in [0.25, 0.3) is 0 Å². The highest BCUT2D eigenvalue weighted by molar-refractivity contribution is 6.16. The molecule has 0 atom stereocenters. The summed E-state index contributed by atoms with van der Waals surface area (Å²) in [6.45, 7) is 0.729. The van der Waals surface area contributed by atoms with Crippen LogP contribution >= 0.6 is 0 Å². The molecule has 0 N–H and O–H groups in total. The maximum Gasteiger partial charge on any atom is 0.203 e. The van der Waals surface area contributed by atoms with Gasteiger partial charge in [-0.15, -0.1) is 0 Å². The molecule has 1 aliphatic rings. The summed E-state index contributed by atoms with van der Waals surface area (Å²) in [4.78, 5) is 4.74. The second-order valence-corrected chi connectivity index (χ2v) is 5.39. The number of fused-ring (bicyclic) bond motifs is 1. The molecule has 0 saturated carbocycles. The average Bonchev–Trinajstić information content (AvgIpc) is 2.65. The van der Waals surface area contributed by atoms with Gasteiger partial charge >= 0.3 is 0 Å². The lowest BCUT2D eigenvalue weighted by Gasteiger charge is -2.23. The number of methoxy groups -OCH3 is 4. The molecule has 5 heteroatoms. The third kappa shape index (κ3) is 2.66. The summed E-state index contributed by atoms with van der Waals surface area (Å²) < 4.78 is 21.9. The van der Waals surface area contributed by atoms with E-state index in [0.717, 1.165) is 41.1 Å². The molecule has 2 aromatic rings. The van der Waals surface area contributed by atoms with Gasteiger partial charge in [-0.3, -0.25) is 4.99 Å². The summed E-state index contributed by atoms with van der Waals surface area (Å²) in [5.74, 6) is 2.72. The van der Waals surface area contributed by atoms with Crippen molar-refractivity contribution in [2.24, 2.45) is 4.99 Å². The Kier molecular flexibility index (Phi) is 4.60. The van der Waals surface area contributed by atoms with E-state index in [1.54, 1.807) is 28.4 Å². The first-order chi connectivity index (χ1) is 11.7. The van der Waals surface area contributed by atoms with E-state index in [-0.39, 0.29) is 0 Å². The van der Waals surface area contributed by atoms with Crippen LogP contribution in [0.25, 0.3) is 0 Å². The standard InChI is InChI=1S/C19H21NO4/c1-21-14-7-5-12(6-8-14)17-16-13(9-10-20-17)11-15(22-2)18(23-3)19(16)24-4/h5-8,11H,9-10H2,1-4H3. The quantitative estimate of drug-likeness (QED) is 0.847. The van der Waals surface area contributed by atoms with Crippen LogP contribution in [-0.2, 0) is 6.42 Å². The van der Waals surface area contributed by atoms with Crippen LogP contribution in [0.3, 0.4) is 0 Å². The van der Waals surface area contributed by atoms with Gasteiger partial charge < -0.3 is 18.9 Å². The fraction of sp³-hybridized carbons (Fsp3) is 0.316. The van der Waals surface area contributed by atoms with E-state index in [1.165, 1.54) is 0 Å². The fourth-order valence-electron chi connectivity index (χ4n) is 3.02. The van der Waals surface area contributed by atoms with E-state index < -0.39 is 0 Å². The molecule has 1 heterocycles. The number of nitrogens with zero attached hydrogens (tertiary/aromatic N) is 1. The lowest BCUT2D eigenvalue weighted by Crippen LogP contribution is -2.16. The Morgan fingerprint density at radius 2 is 1.54 bits per heavy atom. The van der Waals surface area contributed by atoms with Crippen molar-refractivity contribution < 1.29 is 18.9 Å². The lowest BCUT2D eigenvalue weighted by molar-refractivity contribution is 0.323. The Bertz CT molecular complexity index is 766. The molecule has 0 saturated heterocycles. The van der Waals surface area contributed by atoms with Gasteiger partial charge in [-0.2, -0.15) is 0 Å². The monoisotopic (exact) mass is 327 g/mol. The Hall–Kier alpha value is -2.69. The van der Waals surface area contributed by atoms with Crippen molar-refractivity contribution in [3.8, 4) is 23.0 Å². The molecule has 0 fully saturated rings. The molecule has 0 bridgehead atoms. The molecule has 126 valence electrons. The minimum atomic E-state index is 0.585. The van der Waals surface area contributed by atoms with Gasteiger partial charge in [-0.05, 0) is 42.3 Å². The summed E-state index contributed by atoms with van der Waals surface area (Å²) in [5.41, 5.74) is 4.02. The molecule has 3 rings (SSSR count). The Balaban J connectivity index is 2.18. The molecule has 0 unspecified atom stereocenters. The van der Waals surface area contributed by atoms with Crippen LogP contribution in [0.5, 0.6) is 23.0 Å². The number of aliphatic imine (C=N–C) groups is 1. The molecule has 0 aromatic heterocycles. The highest BCUT2D eigenvalue weighted by atomic mass is 16.5. The maximum absolute atomic E-state index is 5.66. The van der Waals surface area contributed by atoms with Crippen LogP contribution in [0.4, 0.5) is 0 Å². The topological polar surface area (TPSA) is 49.3 Å². The Morgan fingerprint density at radius 3 is 2.12 bits per heavy atom. The van der Waals surface area contributed by atoms with Gasteiger partial charge in [0.2, 0.25) is 5.75 Å². The molecule has 0 amide bonds. The van der Waals surface area contributed by atoms with Gasteiger partial charge in [0.1, 0.15) is 5.75 Å². The molecule has 5 nitrogen and oxygen atoms in total. The fourth-order valence-corrected chi connectivity index (χ4v) is 3.02. The van der Waals surface area contributed by atoms with E-state index in [1.807, 2.05) is 30.3 Å². The average molecular weight is 327 g/mol. The number of hydrogen-bond acceptors (Lipinski definition) is 5. The minimum Gasteiger partial charge on any atom is -0.497 e. The second-order valence-electron chi connectivity index (χ2n) is 5.39. The molecule has 2 aromatic carbocycles. The van der Waals surface area contributed by atoms with Crippen molar-refractivity contribution in [2.75, 3.05) is 35.0 Å². The van der Waals surface area contributed by atoms with E-state index >= 15 is 0 Å². The second kappa shape index (κ2) is 6.83. The summed E-state index contributed by atoms with van der Waals surface area (Å²) in [6, 6.07) is 9.87. The van der Waals surface area contributed by atoms with Gasteiger partial charge in [0, 0.05) is 17.7 Å². The van der Waals surface area contributed by atoms with Crippen LogP contribution in [0.1, 0.15) is 16.7 Å². The van der Waals surface area contributed by atoms with E-state index in [9.17, 15) is 0 Å². The number of hydrogen-bond donors (Lipinski definition) is 0. The molecule has 0 spiro atoms. The van der Waals surface area contributed by atoms with Crippen LogP contribution in [0.15, 0.2) is 35.3 Å². The van der Waals surface area contributed by atoms with Gasteiger partial charge in [0.05, 0.1) is 34.2 Å². The van der Waals surface area contributed by atoms with Crippen LogP contribution in [-0.4, -0.2) is 40.7 Å². The molecule has 24 heavy (non-hydrogen) atoms. The van der Waals surface area contributed by atoms with Crippen molar-refractivity contribution in [3.63, 3.8) is 0 Å². The third-order valence-corrected chi connectivity index (χ3v) is 4.16. The van der Waals surface area contributed by atoms with Crippen molar-refractivity contribution >= 4 is 5.71 Å². The van der Waals surface area contributed by atoms with Crippen molar-refractivity contribution in [2.45, 2.75) is 6.42 Å². The first-order valence-corrected chi connectivity index (χ1v) is 7.74. The lowest BCUT2D eigenvalue weighted by atomic mass is 9.91. The van der Waals surface area contributed by atoms with Crippen LogP contribution < -0.4 is 18.9 Å². The predicted molar refractivity (Wildman–Crippen MR) is 93.3 cm³/mol. The van der Waals surface area contributed by atoms with Crippen LogP contribution in [0.2, 0.25) is 0 Å². The van der Waals surface area contributed by atoms with Crippen molar-refractivity contribution in [1.82, 2.24) is 0 Å². The number of rotatable bonds is 5. The predicted octanol–water partition coefficient (Wildman–Crippen LogP) is 3.11. The SMILES string of the molecule is COc1ccc(C2=NCCc3cc(OC)c(OC)c(OC)c32)cc1.